The summed E-state index contributed by atoms with van der Waals surface area (Å²) < 4.78 is 6.90. The van der Waals surface area contributed by atoms with Gasteiger partial charge in [-0.1, -0.05) is 51.1 Å². The second kappa shape index (κ2) is 12.5. The first-order valence-corrected chi connectivity index (χ1v) is 19.7. The quantitative estimate of drug-likeness (QED) is 0.189. The lowest BCUT2D eigenvalue weighted by Gasteiger charge is -2.56. The number of aromatic hydroxyl groups is 1. The fourth-order valence-corrected chi connectivity index (χ4v) is 9.56. The molecule has 0 unspecified atom stereocenters. The van der Waals surface area contributed by atoms with Crippen molar-refractivity contribution in [2.75, 3.05) is 6.54 Å². The molecule has 0 spiro atoms. The van der Waals surface area contributed by atoms with Gasteiger partial charge in [0.1, 0.15) is 5.75 Å². The monoisotopic (exact) mass is 620 g/mol. The van der Waals surface area contributed by atoms with E-state index in [2.05, 4.69) is 82.6 Å². The van der Waals surface area contributed by atoms with Crippen molar-refractivity contribution >= 4 is 14.2 Å². The molecule has 4 aliphatic rings. The van der Waals surface area contributed by atoms with E-state index in [1.807, 2.05) is 12.1 Å². The SMILES string of the molecule is CC(C)(Cc1cccc(CC(=O)NC23CC4CC(CC(C4)C2)C3)c1)NC[C@H](O[Si](C)(C)C(C)(C)C)c1ccc(O)c(CO)c1. The molecule has 4 aliphatic carbocycles. The average molecular weight is 621 g/mol. The predicted octanol–water partition coefficient (Wildman–Crippen LogP) is 7.19. The molecule has 0 heterocycles. The van der Waals surface area contributed by atoms with Crippen LogP contribution in [0.5, 0.6) is 5.75 Å². The second-order valence-electron chi connectivity index (χ2n) is 16.6. The number of carbonyl (C=O) groups excluding carboxylic acids is 1. The van der Waals surface area contributed by atoms with Gasteiger partial charge in [0, 0.05) is 23.2 Å². The maximum absolute atomic E-state index is 13.3. The molecule has 0 radical (unpaired) electrons. The van der Waals surface area contributed by atoms with Crippen LogP contribution in [0.15, 0.2) is 42.5 Å². The van der Waals surface area contributed by atoms with Gasteiger partial charge in [0.05, 0.1) is 19.1 Å². The van der Waals surface area contributed by atoms with Crippen molar-refractivity contribution in [2.45, 2.75) is 128 Å². The summed E-state index contributed by atoms with van der Waals surface area (Å²) in [6, 6.07) is 13.9. The Labute approximate surface area is 266 Å². The second-order valence-corrected chi connectivity index (χ2v) is 21.4. The Kier molecular flexibility index (Phi) is 9.46. The minimum atomic E-state index is -2.11. The standard InChI is InChI=1S/C37H56N2O4Si/c1-35(2,3)44(6,7)43-33(30-11-12-32(41)31(18-30)24-40)23-38-36(4,5)19-26-10-8-9-25(13-26)17-34(42)39-37-20-27-14-28(21-37)16-29(15-27)22-37/h8-13,18,27-29,33,38,40-41H,14-17,19-24H2,1-7H3,(H,39,42)/t27?,28?,29?,33-,37?/m0/s1. The van der Waals surface area contributed by atoms with Crippen LogP contribution in [0.2, 0.25) is 18.1 Å². The van der Waals surface area contributed by atoms with Gasteiger partial charge in [0.15, 0.2) is 8.32 Å². The number of amides is 1. The van der Waals surface area contributed by atoms with Gasteiger partial charge in [-0.25, -0.2) is 0 Å². The van der Waals surface area contributed by atoms with E-state index in [0.29, 0.717) is 18.5 Å². The molecular formula is C37H56N2O4Si. The molecule has 4 bridgehead atoms. The Morgan fingerprint density at radius 2 is 1.59 bits per heavy atom. The van der Waals surface area contributed by atoms with Crippen LogP contribution in [0, 0.1) is 17.8 Å². The fraction of sp³-hybridized carbons (Fsp3) is 0.649. The van der Waals surface area contributed by atoms with E-state index in [4.69, 9.17) is 4.43 Å². The normalized spacial score (nSPS) is 25.7. The molecule has 6 rings (SSSR count). The summed E-state index contributed by atoms with van der Waals surface area (Å²) in [4.78, 5) is 13.3. The van der Waals surface area contributed by atoms with Crippen LogP contribution >= 0.6 is 0 Å². The Morgan fingerprint density at radius 1 is 0.977 bits per heavy atom. The van der Waals surface area contributed by atoms with E-state index >= 15 is 0 Å². The summed E-state index contributed by atoms with van der Waals surface area (Å²) in [6.45, 7) is 16.0. The maximum Gasteiger partial charge on any atom is 0.224 e. The van der Waals surface area contributed by atoms with Gasteiger partial charge >= 0.3 is 0 Å². The largest absolute Gasteiger partial charge is 0.508 e. The minimum Gasteiger partial charge on any atom is -0.508 e. The molecule has 242 valence electrons. The zero-order valence-electron chi connectivity index (χ0n) is 28.1. The first kappa shape index (κ1) is 33.2. The van der Waals surface area contributed by atoms with Gasteiger partial charge in [-0.2, -0.15) is 0 Å². The van der Waals surface area contributed by atoms with Crippen molar-refractivity contribution in [2.24, 2.45) is 17.8 Å². The van der Waals surface area contributed by atoms with Gasteiger partial charge in [0.25, 0.3) is 0 Å². The Hall–Kier alpha value is -2.19. The lowest BCUT2D eigenvalue weighted by Crippen LogP contribution is -2.60. The third kappa shape index (κ3) is 7.78. The van der Waals surface area contributed by atoms with Gasteiger partial charge in [0.2, 0.25) is 5.91 Å². The number of carbonyl (C=O) groups is 1. The molecule has 6 nitrogen and oxygen atoms in total. The Balaban J connectivity index is 1.23. The zero-order chi connectivity index (χ0) is 31.9. The highest BCUT2D eigenvalue weighted by atomic mass is 28.4. The number of aliphatic hydroxyl groups is 1. The summed E-state index contributed by atoms with van der Waals surface area (Å²) in [5.74, 6) is 2.72. The number of hydrogen-bond donors (Lipinski definition) is 4. The Bertz CT molecular complexity index is 1300. The molecule has 0 aliphatic heterocycles. The molecule has 1 amide bonds. The fourth-order valence-electron chi connectivity index (χ4n) is 8.27. The van der Waals surface area contributed by atoms with Crippen molar-refractivity contribution in [3.63, 3.8) is 0 Å². The van der Waals surface area contributed by atoms with E-state index in [0.717, 1.165) is 35.3 Å². The molecule has 1 atom stereocenters. The highest BCUT2D eigenvalue weighted by Crippen LogP contribution is 2.55. The number of hydrogen-bond acceptors (Lipinski definition) is 5. The summed E-state index contributed by atoms with van der Waals surface area (Å²) in [5.41, 5.74) is 3.55. The molecule has 7 heteroatoms. The summed E-state index contributed by atoms with van der Waals surface area (Å²) in [6.07, 6.45) is 8.68. The highest BCUT2D eigenvalue weighted by Gasteiger charge is 2.51. The molecule has 4 saturated carbocycles. The predicted molar refractivity (Wildman–Crippen MR) is 180 cm³/mol. The van der Waals surface area contributed by atoms with Crippen LogP contribution in [0.25, 0.3) is 0 Å². The molecule has 44 heavy (non-hydrogen) atoms. The lowest BCUT2D eigenvalue weighted by atomic mass is 9.53. The molecule has 4 fully saturated rings. The first-order chi connectivity index (χ1) is 20.6. The molecule has 4 N–H and O–H groups in total. The number of benzene rings is 2. The van der Waals surface area contributed by atoms with Crippen LogP contribution in [0.3, 0.4) is 0 Å². The van der Waals surface area contributed by atoms with E-state index < -0.39 is 8.32 Å². The lowest BCUT2D eigenvalue weighted by molar-refractivity contribution is -0.126. The van der Waals surface area contributed by atoms with E-state index in [-0.39, 0.29) is 40.5 Å². The highest BCUT2D eigenvalue weighted by molar-refractivity contribution is 6.74. The third-order valence-corrected chi connectivity index (χ3v) is 15.6. The van der Waals surface area contributed by atoms with Gasteiger partial charge in [-0.15, -0.1) is 0 Å². The number of aliphatic hydroxyl groups excluding tert-OH is 1. The average Bonchev–Trinajstić information content (AvgIpc) is 2.89. The zero-order valence-corrected chi connectivity index (χ0v) is 29.1. The molecular weight excluding hydrogens is 565 g/mol. The van der Waals surface area contributed by atoms with Crippen molar-refractivity contribution < 1.29 is 19.4 Å². The topological polar surface area (TPSA) is 90.8 Å². The number of nitrogens with one attached hydrogen (secondary N) is 2. The summed E-state index contributed by atoms with van der Waals surface area (Å²) in [5, 5.41) is 27.3. The van der Waals surface area contributed by atoms with Gasteiger partial charge in [-0.05, 0) is 124 Å². The van der Waals surface area contributed by atoms with Crippen LogP contribution in [-0.2, 0) is 28.7 Å². The molecule has 0 aromatic heterocycles. The van der Waals surface area contributed by atoms with Crippen molar-refractivity contribution in [3.8, 4) is 5.75 Å². The van der Waals surface area contributed by atoms with Crippen LogP contribution in [0.1, 0.15) is 102 Å². The van der Waals surface area contributed by atoms with E-state index in [9.17, 15) is 15.0 Å². The number of phenols is 1. The first-order valence-electron chi connectivity index (χ1n) is 16.8. The van der Waals surface area contributed by atoms with E-state index in [1.165, 1.54) is 44.1 Å². The molecule has 2 aromatic carbocycles. The van der Waals surface area contributed by atoms with Crippen molar-refractivity contribution in [1.82, 2.24) is 10.6 Å². The smallest absolute Gasteiger partial charge is 0.224 e. The third-order valence-electron chi connectivity index (χ3n) is 11.1. The van der Waals surface area contributed by atoms with Crippen LogP contribution in [-0.4, -0.2) is 42.1 Å². The van der Waals surface area contributed by atoms with Crippen molar-refractivity contribution in [3.05, 3.63) is 64.7 Å². The van der Waals surface area contributed by atoms with Crippen molar-refractivity contribution in [1.29, 1.82) is 0 Å². The maximum atomic E-state index is 13.3. The number of rotatable bonds is 12. The van der Waals surface area contributed by atoms with Gasteiger partial charge < -0.3 is 25.3 Å². The minimum absolute atomic E-state index is 0.0416. The van der Waals surface area contributed by atoms with E-state index in [1.54, 1.807) is 6.07 Å². The summed E-state index contributed by atoms with van der Waals surface area (Å²) >= 11 is 0. The van der Waals surface area contributed by atoms with Crippen LogP contribution in [0.4, 0.5) is 0 Å². The van der Waals surface area contributed by atoms with Gasteiger partial charge in [-0.3, -0.25) is 4.79 Å². The summed E-state index contributed by atoms with van der Waals surface area (Å²) in [7, 11) is -2.11. The Morgan fingerprint density at radius 3 is 2.18 bits per heavy atom. The molecule has 2 aromatic rings. The molecule has 0 saturated heterocycles. The van der Waals surface area contributed by atoms with Crippen LogP contribution < -0.4 is 10.6 Å².